The standard InChI is InChI=1S/C20H18F3N5O3/c1-10(2)28-9-12(6-7-14(28)29)16-15(27-18(24)17(26-16)19(25)30)11-4-3-5-13(8-11)31-20(21,22)23/h3-10H,1-2H3,(H2,24,27)(H2,25,30). The molecule has 0 saturated carbocycles. The minimum absolute atomic E-state index is 0.0871. The summed E-state index contributed by atoms with van der Waals surface area (Å²) in [5.41, 5.74) is 11.4. The van der Waals surface area contributed by atoms with E-state index in [4.69, 9.17) is 11.5 Å². The van der Waals surface area contributed by atoms with Crippen LogP contribution in [0.25, 0.3) is 22.5 Å². The molecule has 1 amide bonds. The molecule has 0 bridgehead atoms. The van der Waals surface area contributed by atoms with Crippen LogP contribution in [0.4, 0.5) is 19.0 Å². The first-order valence-corrected chi connectivity index (χ1v) is 9.02. The van der Waals surface area contributed by atoms with Crippen molar-refractivity contribution in [1.29, 1.82) is 0 Å². The van der Waals surface area contributed by atoms with Gasteiger partial charge in [0.15, 0.2) is 11.5 Å². The summed E-state index contributed by atoms with van der Waals surface area (Å²) in [7, 11) is 0. The van der Waals surface area contributed by atoms with Crippen molar-refractivity contribution in [1.82, 2.24) is 14.5 Å². The minimum Gasteiger partial charge on any atom is -0.406 e. The molecule has 162 valence electrons. The average molecular weight is 433 g/mol. The molecule has 3 aromatic rings. The van der Waals surface area contributed by atoms with Crippen molar-refractivity contribution >= 4 is 11.7 Å². The second-order valence-electron chi connectivity index (χ2n) is 6.85. The predicted molar refractivity (Wildman–Crippen MR) is 107 cm³/mol. The second-order valence-corrected chi connectivity index (χ2v) is 6.85. The van der Waals surface area contributed by atoms with Crippen LogP contribution >= 0.6 is 0 Å². The van der Waals surface area contributed by atoms with Crippen LogP contribution in [0, 0.1) is 0 Å². The topological polar surface area (TPSA) is 126 Å². The van der Waals surface area contributed by atoms with Crippen molar-refractivity contribution in [3.63, 3.8) is 0 Å². The first-order chi connectivity index (χ1) is 14.5. The van der Waals surface area contributed by atoms with Gasteiger partial charge in [0.25, 0.3) is 11.5 Å². The smallest absolute Gasteiger partial charge is 0.406 e. The fraction of sp³-hybridized carbons (Fsp3) is 0.200. The number of primary amides is 1. The molecule has 2 heterocycles. The Balaban J connectivity index is 2.26. The van der Waals surface area contributed by atoms with Gasteiger partial charge in [0.1, 0.15) is 5.75 Å². The number of anilines is 1. The number of nitrogen functional groups attached to an aromatic ring is 1. The summed E-state index contributed by atoms with van der Waals surface area (Å²) in [5, 5.41) is 0. The van der Waals surface area contributed by atoms with Gasteiger partial charge in [0.2, 0.25) is 0 Å². The summed E-state index contributed by atoms with van der Waals surface area (Å²) in [6.07, 6.45) is -3.37. The maximum absolute atomic E-state index is 12.6. The third kappa shape index (κ3) is 4.82. The van der Waals surface area contributed by atoms with Crippen molar-refractivity contribution in [3.05, 3.63) is 58.6 Å². The number of nitrogens with two attached hydrogens (primary N) is 2. The highest BCUT2D eigenvalue weighted by molar-refractivity contribution is 5.96. The fourth-order valence-electron chi connectivity index (χ4n) is 2.92. The molecule has 11 heteroatoms. The lowest BCUT2D eigenvalue weighted by molar-refractivity contribution is -0.274. The molecule has 0 unspecified atom stereocenters. The average Bonchev–Trinajstić information content (AvgIpc) is 2.66. The highest BCUT2D eigenvalue weighted by Crippen LogP contribution is 2.33. The number of amides is 1. The SMILES string of the molecule is CC(C)n1cc(-c2nc(C(N)=O)c(N)nc2-c2cccc(OC(F)(F)F)c2)ccc1=O. The minimum atomic E-state index is -4.88. The van der Waals surface area contributed by atoms with Crippen LogP contribution in [0.1, 0.15) is 30.4 Å². The molecule has 1 aromatic carbocycles. The number of pyridine rings is 1. The van der Waals surface area contributed by atoms with Gasteiger partial charge < -0.3 is 20.8 Å². The third-order valence-corrected chi connectivity index (χ3v) is 4.27. The number of carbonyl (C=O) groups is 1. The molecule has 0 radical (unpaired) electrons. The number of rotatable bonds is 5. The largest absolute Gasteiger partial charge is 0.573 e. The van der Waals surface area contributed by atoms with E-state index in [-0.39, 0.29) is 40.1 Å². The molecular weight excluding hydrogens is 415 g/mol. The first kappa shape index (κ1) is 21.8. The lowest BCUT2D eigenvalue weighted by atomic mass is 10.0. The maximum Gasteiger partial charge on any atom is 0.573 e. The van der Waals surface area contributed by atoms with E-state index >= 15 is 0 Å². The molecule has 0 spiro atoms. The monoisotopic (exact) mass is 433 g/mol. The number of alkyl halides is 3. The number of halogens is 3. The van der Waals surface area contributed by atoms with Crippen molar-refractivity contribution in [2.24, 2.45) is 5.73 Å². The predicted octanol–water partition coefficient (Wildman–Crippen LogP) is 3.13. The summed E-state index contributed by atoms with van der Waals surface area (Å²) in [4.78, 5) is 32.2. The van der Waals surface area contributed by atoms with E-state index in [2.05, 4.69) is 14.7 Å². The zero-order valence-electron chi connectivity index (χ0n) is 16.5. The molecular formula is C20H18F3N5O3. The van der Waals surface area contributed by atoms with Crippen LogP contribution in [0.2, 0.25) is 0 Å². The fourth-order valence-corrected chi connectivity index (χ4v) is 2.92. The van der Waals surface area contributed by atoms with Crippen molar-refractivity contribution in [2.45, 2.75) is 26.3 Å². The Labute approximate surface area is 174 Å². The van der Waals surface area contributed by atoms with Gasteiger partial charge >= 0.3 is 6.36 Å². The lowest BCUT2D eigenvalue weighted by Crippen LogP contribution is -2.21. The zero-order valence-corrected chi connectivity index (χ0v) is 16.5. The van der Waals surface area contributed by atoms with Gasteiger partial charge in [-0.25, -0.2) is 9.97 Å². The first-order valence-electron chi connectivity index (χ1n) is 9.02. The summed E-state index contributed by atoms with van der Waals surface area (Å²) in [5.74, 6) is -1.68. The second kappa shape index (κ2) is 8.09. The summed E-state index contributed by atoms with van der Waals surface area (Å²) >= 11 is 0. The number of benzene rings is 1. The molecule has 0 saturated heterocycles. The Kier molecular flexibility index (Phi) is 5.69. The van der Waals surface area contributed by atoms with Gasteiger partial charge in [-0.05, 0) is 32.0 Å². The number of carbonyl (C=O) groups excluding carboxylic acids is 1. The number of ether oxygens (including phenoxy) is 1. The van der Waals surface area contributed by atoms with Crippen molar-refractivity contribution in [2.75, 3.05) is 5.73 Å². The Bertz CT molecular complexity index is 1210. The number of hydrogen-bond acceptors (Lipinski definition) is 6. The Hall–Kier alpha value is -3.89. The quantitative estimate of drug-likeness (QED) is 0.637. The molecule has 0 fully saturated rings. The van der Waals surface area contributed by atoms with Crippen LogP contribution in [-0.4, -0.2) is 26.8 Å². The number of hydrogen-bond donors (Lipinski definition) is 2. The Morgan fingerprint density at radius 1 is 1.10 bits per heavy atom. The Morgan fingerprint density at radius 3 is 2.39 bits per heavy atom. The highest BCUT2D eigenvalue weighted by atomic mass is 19.4. The van der Waals surface area contributed by atoms with Gasteiger partial charge in [-0.15, -0.1) is 13.2 Å². The zero-order chi connectivity index (χ0) is 22.9. The van der Waals surface area contributed by atoms with Gasteiger partial charge in [-0.3, -0.25) is 9.59 Å². The van der Waals surface area contributed by atoms with E-state index in [1.165, 1.54) is 35.0 Å². The normalized spacial score (nSPS) is 11.5. The summed E-state index contributed by atoms with van der Waals surface area (Å²) in [6, 6.07) is 7.66. The van der Waals surface area contributed by atoms with E-state index in [1.807, 2.05) is 0 Å². The van der Waals surface area contributed by atoms with E-state index in [9.17, 15) is 22.8 Å². The summed E-state index contributed by atoms with van der Waals surface area (Å²) in [6.45, 7) is 3.60. The van der Waals surface area contributed by atoms with Crippen LogP contribution in [0.15, 0.2) is 47.4 Å². The maximum atomic E-state index is 12.6. The van der Waals surface area contributed by atoms with Crippen LogP contribution in [0.3, 0.4) is 0 Å². The van der Waals surface area contributed by atoms with Crippen LogP contribution < -0.4 is 21.8 Å². The highest BCUT2D eigenvalue weighted by Gasteiger charge is 2.31. The van der Waals surface area contributed by atoms with Crippen LogP contribution in [-0.2, 0) is 0 Å². The van der Waals surface area contributed by atoms with E-state index < -0.39 is 18.0 Å². The summed E-state index contributed by atoms with van der Waals surface area (Å²) < 4.78 is 43.3. The van der Waals surface area contributed by atoms with Gasteiger partial charge in [0.05, 0.1) is 11.4 Å². The molecule has 0 aliphatic heterocycles. The molecule has 2 aromatic heterocycles. The number of nitrogens with zero attached hydrogens (tertiary/aromatic N) is 3. The van der Waals surface area contributed by atoms with Gasteiger partial charge in [-0.1, -0.05) is 12.1 Å². The van der Waals surface area contributed by atoms with E-state index in [0.29, 0.717) is 5.56 Å². The van der Waals surface area contributed by atoms with Crippen LogP contribution in [0.5, 0.6) is 5.75 Å². The lowest BCUT2D eigenvalue weighted by Gasteiger charge is -2.15. The molecule has 0 aliphatic carbocycles. The Morgan fingerprint density at radius 2 is 1.77 bits per heavy atom. The molecule has 31 heavy (non-hydrogen) atoms. The van der Waals surface area contributed by atoms with Crippen molar-refractivity contribution < 1.29 is 22.7 Å². The van der Waals surface area contributed by atoms with Crippen molar-refractivity contribution in [3.8, 4) is 28.3 Å². The van der Waals surface area contributed by atoms with E-state index in [0.717, 1.165) is 12.1 Å². The molecule has 0 atom stereocenters. The molecule has 0 aliphatic rings. The molecule has 4 N–H and O–H groups in total. The number of aromatic nitrogens is 3. The molecule has 8 nitrogen and oxygen atoms in total. The molecule has 3 rings (SSSR count). The third-order valence-electron chi connectivity index (χ3n) is 4.27. The van der Waals surface area contributed by atoms with Gasteiger partial charge in [-0.2, -0.15) is 0 Å². The van der Waals surface area contributed by atoms with E-state index in [1.54, 1.807) is 13.8 Å². The van der Waals surface area contributed by atoms with Gasteiger partial charge in [0, 0.05) is 29.4 Å².